The number of nitrogens with one attached hydrogen (secondary N) is 1. The number of para-hydroxylation sites is 1. The van der Waals surface area contributed by atoms with Gasteiger partial charge < -0.3 is 5.32 Å². The van der Waals surface area contributed by atoms with Gasteiger partial charge in [0.1, 0.15) is 0 Å². The maximum absolute atomic E-state index is 12.9. The van der Waals surface area contributed by atoms with Gasteiger partial charge in [-0.05, 0) is 31.2 Å². The number of hydrogen-bond donors (Lipinski definition) is 1. The van der Waals surface area contributed by atoms with Crippen molar-refractivity contribution in [2.24, 2.45) is 0 Å². The Labute approximate surface area is 189 Å². The third-order valence-electron chi connectivity index (χ3n) is 5.07. The van der Waals surface area contributed by atoms with Crippen molar-refractivity contribution in [1.82, 2.24) is 9.21 Å². The molecule has 0 radical (unpaired) electrons. The summed E-state index contributed by atoms with van der Waals surface area (Å²) in [5.41, 5.74) is -0.0697. The topological polar surface area (TPSA) is 113 Å². The van der Waals surface area contributed by atoms with Gasteiger partial charge in [-0.2, -0.15) is 4.31 Å². The van der Waals surface area contributed by atoms with E-state index in [1.165, 1.54) is 22.5 Å². The van der Waals surface area contributed by atoms with Crippen molar-refractivity contribution in [1.29, 1.82) is 0 Å². The summed E-state index contributed by atoms with van der Waals surface area (Å²) < 4.78 is 27.1. The molecule has 0 aliphatic carbocycles. The molecule has 2 aromatic rings. The van der Waals surface area contributed by atoms with E-state index in [9.17, 15) is 23.3 Å². The average molecular weight is 487 g/mol. The van der Waals surface area contributed by atoms with Crippen LogP contribution in [-0.2, 0) is 14.8 Å². The van der Waals surface area contributed by atoms with Crippen molar-refractivity contribution in [3.63, 3.8) is 0 Å². The van der Waals surface area contributed by atoms with E-state index >= 15 is 0 Å². The second-order valence-electron chi connectivity index (χ2n) is 6.95. The lowest BCUT2D eigenvalue weighted by atomic mass is 10.2. The number of nitro groups is 1. The van der Waals surface area contributed by atoms with Crippen molar-refractivity contribution >= 4 is 50.5 Å². The van der Waals surface area contributed by atoms with Crippen LogP contribution in [-0.4, -0.2) is 60.7 Å². The predicted octanol–water partition coefficient (Wildman–Crippen LogP) is 3.24. The Morgan fingerprint density at radius 3 is 2.42 bits per heavy atom. The van der Waals surface area contributed by atoms with Crippen molar-refractivity contribution in [2.75, 3.05) is 31.5 Å². The third kappa shape index (κ3) is 5.16. The number of nitro benzene ring substituents is 1. The minimum absolute atomic E-state index is 0.101. The molecule has 12 heteroatoms. The summed E-state index contributed by atoms with van der Waals surface area (Å²) in [6, 6.07) is 9.44. The van der Waals surface area contributed by atoms with Gasteiger partial charge in [-0.15, -0.1) is 0 Å². The highest BCUT2D eigenvalue weighted by molar-refractivity contribution is 7.89. The van der Waals surface area contributed by atoms with E-state index in [2.05, 4.69) is 5.32 Å². The lowest BCUT2D eigenvalue weighted by molar-refractivity contribution is -0.387. The first kappa shape index (κ1) is 23.4. The molecule has 0 unspecified atom stereocenters. The Kier molecular flexibility index (Phi) is 7.17. The fourth-order valence-corrected chi connectivity index (χ4v) is 5.21. The molecule has 0 aromatic heterocycles. The number of halogens is 2. The van der Waals surface area contributed by atoms with Crippen molar-refractivity contribution in [3.8, 4) is 0 Å². The molecule has 1 fully saturated rings. The normalized spacial score (nSPS) is 16.6. The number of carbonyl (C=O) groups excluding carboxylic acids is 1. The minimum Gasteiger partial charge on any atom is -0.323 e. The number of benzene rings is 2. The lowest BCUT2D eigenvalue weighted by Gasteiger charge is -2.36. The van der Waals surface area contributed by atoms with E-state index < -0.39 is 26.7 Å². The maximum Gasteiger partial charge on any atom is 0.289 e. The van der Waals surface area contributed by atoms with E-state index in [-0.39, 0.29) is 37.0 Å². The van der Waals surface area contributed by atoms with E-state index in [0.717, 1.165) is 6.07 Å². The Balaban J connectivity index is 1.67. The number of nitrogens with zero attached hydrogens (tertiary/aromatic N) is 3. The molecule has 1 saturated heterocycles. The van der Waals surface area contributed by atoms with Crippen LogP contribution in [0.2, 0.25) is 10.0 Å². The molecule has 0 spiro atoms. The second kappa shape index (κ2) is 9.49. The molecule has 166 valence electrons. The molecular formula is C19H20Cl2N4O5S. The Hall–Kier alpha value is -2.24. The molecular weight excluding hydrogens is 467 g/mol. The largest absolute Gasteiger partial charge is 0.323 e. The zero-order chi connectivity index (χ0) is 22.8. The van der Waals surface area contributed by atoms with Crippen LogP contribution in [0.25, 0.3) is 0 Å². The standard InChI is InChI=1S/C19H20Cl2N4O5S/c1-13(19(26)22-16-12-14(20)6-7-15(16)21)23-8-10-24(11-9-23)31(29,30)18-5-3-2-4-17(18)25(27)28/h2-7,12-13H,8-11H2,1H3,(H,22,26)/t13-/m1/s1. The van der Waals surface area contributed by atoms with Crippen LogP contribution in [0.1, 0.15) is 6.92 Å². The third-order valence-corrected chi connectivity index (χ3v) is 7.58. The first-order valence-electron chi connectivity index (χ1n) is 9.35. The van der Waals surface area contributed by atoms with Gasteiger partial charge in [0.15, 0.2) is 4.90 Å². The highest BCUT2D eigenvalue weighted by Gasteiger charge is 2.35. The first-order valence-corrected chi connectivity index (χ1v) is 11.5. The van der Waals surface area contributed by atoms with Crippen LogP contribution < -0.4 is 5.32 Å². The molecule has 1 aliphatic heterocycles. The zero-order valence-electron chi connectivity index (χ0n) is 16.5. The van der Waals surface area contributed by atoms with Crippen LogP contribution in [0.3, 0.4) is 0 Å². The van der Waals surface area contributed by atoms with E-state index in [4.69, 9.17) is 23.2 Å². The van der Waals surface area contributed by atoms with Gasteiger partial charge in [-0.3, -0.25) is 19.8 Å². The Bertz CT molecular complexity index is 1100. The molecule has 1 heterocycles. The second-order valence-corrected chi connectivity index (χ2v) is 9.70. The molecule has 1 amide bonds. The van der Waals surface area contributed by atoms with Gasteiger partial charge in [-0.1, -0.05) is 35.3 Å². The van der Waals surface area contributed by atoms with Gasteiger partial charge in [0.25, 0.3) is 5.69 Å². The number of piperazine rings is 1. The van der Waals surface area contributed by atoms with Crippen LogP contribution >= 0.6 is 23.2 Å². The molecule has 0 bridgehead atoms. The number of rotatable bonds is 6. The predicted molar refractivity (Wildman–Crippen MR) is 118 cm³/mol. The number of amides is 1. The van der Waals surface area contributed by atoms with Crippen molar-refractivity contribution in [2.45, 2.75) is 17.9 Å². The monoisotopic (exact) mass is 486 g/mol. The summed E-state index contributed by atoms with van der Waals surface area (Å²) in [4.78, 5) is 24.6. The van der Waals surface area contributed by atoms with Gasteiger partial charge in [0, 0.05) is 37.3 Å². The van der Waals surface area contributed by atoms with Gasteiger partial charge in [0.2, 0.25) is 15.9 Å². The van der Waals surface area contributed by atoms with Crippen LogP contribution in [0.5, 0.6) is 0 Å². The van der Waals surface area contributed by atoms with Gasteiger partial charge in [0.05, 0.1) is 21.7 Å². The van der Waals surface area contributed by atoms with Gasteiger partial charge >= 0.3 is 0 Å². The highest BCUT2D eigenvalue weighted by atomic mass is 35.5. The van der Waals surface area contributed by atoms with Gasteiger partial charge in [-0.25, -0.2) is 8.42 Å². The number of anilines is 1. The summed E-state index contributed by atoms with van der Waals surface area (Å²) in [6.07, 6.45) is 0. The van der Waals surface area contributed by atoms with E-state index in [1.54, 1.807) is 25.1 Å². The number of sulfonamides is 1. The first-order chi connectivity index (χ1) is 14.6. The molecule has 2 aromatic carbocycles. The summed E-state index contributed by atoms with van der Waals surface area (Å²) in [7, 11) is -4.03. The summed E-state index contributed by atoms with van der Waals surface area (Å²) in [6.45, 7) is 2.49. The summed E-state index contributed by atoms with van der Waals surface area (Å²) in [5.74, 6) is -0.306. The Morgan fingerprint density at radius 1 is 1.13 bits per heavy atom. The Morgan fingerprint density at radius 2 is 1.77 bits per heavy atom. The fourth-order valence-electron chi connectivity index (χ4n) is 3.29. The van der Waals surface area contributed by atoms with Crippen LogP contribution in [0, 0.1) is 10.1 Å². The van der Waals surface area contributed by atoms with Crippen LogP contribution in [0.15, 0.2) is 47.4 Å². The molecule has 1 atom stereocenters. The minimum atomic E-state index is -4.03. The molecule has 1 N–H and O–H groups in total. The highest BCUT2D eigenvalue weighted by Crippen LogP contribution is 2.28. The zero-order valence-corrected chi connectivity index (χ0v) is 18.8. The SMILES string of the molecule is C[C@H](C(=O)Nc1cc(Cl)ccc1Cl)N1CCN(S(=O)(=O)c2ccccc2[N+](=O)[O-])CC1. The average Bonchev–Trinajstić information content (AvgIpc) is 2.75. The molecule has 1 aliphatic rings. The number of carbonyl (C=O) groups is 1. The quantitative estimate of drug-likeness (QED) is 0.495. The molecule has 9 nitrogen and oxygen atoms in total. The van der Waals surface area contributed by atoms with E-state index in [1.807, 2.05) is 4.90 Å². The van der Waals surface area contributed by atoms with Crippen molar-refractivity contribution < 1.29 is 18.1 Å². The van der Waals surface area contributed by atoms with Crippen molar-refractivity contribution in [3.05, 3.63) is 62.6 Å². The fraction of sp³-hybridized carbons (Fsp3) is 0.316. The molecule has 31 heavy (non-hydrogen) atoms. The van der Waals surface area contributed by atoms with E-state index in [0.29, 0.717) is 15.7 Å². The van der Waals surface area contributed by atoms with Crippen LogP contribution in [0.4, 0.5) is 11.4 Å². The summed E-state index contributed by atoms with van der Waals surface area (Å²) in [5, 5.41) is 14.7. The molecule has 0 saturated carbocycles. The summed E-state index contributed by atoms with van der Waals surface area (Å²) >= 11 is 12.0. The number of hydrogen-bond acceptors (Lipinski definition) is 6. The lowest BCUT2D eigenvalue weighted by Crippen LogP contribution is -2.54. The smallest absolute Gasteiger partial charge is 0.289 e. The molecule has 3 rings (SSSR count). The maximum atomic E-state index is 12.9.